The number of nitrogens with zero attached hydrogens (tertiary/aromatic N) is 1. The summed E-state index contributed by atoms with van der Waals surface area (Å²) >= 11 is 0. The Morgan fingerprint density at radius 3 is 2.79 bits per heavy atom. The molecule has 0 spiro atoms. The predicted octanol–water partition coefficient (Wildman–Crippen LogP) is 1.10. The van der Waals surface area contributed by atoms with E-state index in [0.717, 1.165) is 6.07 Å². The van der Waals surface area contributed by atoms with Crippen molar-refractivity contribution in [2.24, 2.45) is 0 Å². The van der Waals surface area contributed by atoms with Crippen LogP contribution >= 0.6 is 0 Å². The second kappa shape index (κ2) is 8.43. The van der Waals surface area contributed by atoms with E-state index in [9.17, 15) is 9.50 Å². The summed E-state index contributed by atoms with van der Waals surface area (Å²) in [6.45, 7) is 0.813. The minimum Gasteiger partial charge on any atom is -0.488 e. The molecule has 0 heterocycles. The highest BCUT2D eigenvalue weighted by Crippen LogP contribution is 2.18. The summed E-state index contributed by atoms with van der Waals surface area (Å²) in [5, 5.41) is 18.1. The van der Waals surface area contributed by atoms with E-state index >= 15 is 0 Å². The van der Waals surface area contributed by atoms with Crippen LogP contribution in [-0.2, 0) is 9.47 Å². The molecular weight excluding hydrogens is 253 g/mol. The number of ether oxygens (including phenoxy) is 3. The number of rotatable bonds is 8. The molecule has 1 N–H and O–H groups in total. The largest absolute Gasteiger partial charge is 0.488 e. The number of aliphatic hydroxyl groups excluding tert-OH is 1. The molecule has 0 aliphatic rings. The number of halogens is 1. The zero-order chi connectivity index (χ0) is 14.1. The lowest BCUT2D eigenvalue weighted by atomic mass is 10.2. The van der Waals surface area contributed by atoms with Crippen molar-refractivity contribution in [3.63, 3.8) is 0 Å². The second-order valence-electron chi connectivity index (χ2n) is 3.79. The summed E-state index contributed by atoms with van der Waals surface area (Å²) in [4.78, 5) is 0. The fourth-order valence-corrected chi connectivity index (χ4v) is 1.28. The van der Waals surface area contributed by atoms with Gasteiger partial charge in [0.1, 0.15) is 12.7 Å². The molecule has 0 saturated heterocycles. The van der Waals surface area contributed by atoms with Gasteiger partial charge in [-0.25, -0.2) is 4.39 Å². The van der Waals surface area contributed by atoms with Gasteiger partial charge < -0.3 is 19.3 Å². The zero-order valence-corrected chi connectivity index (χ0v) is 10.6. The minimum absolute atomic E-state index is 0.00468. The van der Waals surface area contributed by atoms with E-state index in [-0.39, 0.29) is 24.5 Å². The third kappa shape index (κ3) is 5.66. The van der Waals surface area contributed by atoms with Gasteiger partial charge in [-0.1, -0.05) is 0 Å². The number of hydrogen-bond donors (Lipinski definition) is 1. The number of benzene rings is 1. The van der Waals surface area contributed by atoms with E-state index in [0.29, 0.717) is 13.2 Å². The van der Waals surface area contributed by atoms with Crippen molar-refractivity contribution < 1.29 is 23.7 Å². The van der Waals surface area contributed by atoms with Gasteiger partial charge in [0, 0.05) is 7.11 Å². The molecule has 1 aromatic rings. The Balaban J connectivity index is 2.34. The summed E-state index contributed by atoms with van der Waals surface area (Å²) in [6.07, 6.45) is -0.855. The number of nitriles is 1. The van der Waals surface area contributed by atoms with Gasteiger partial charge in [-0.2, -0.15) is 5.26 Å². The van der Waals surface area contributed by atoms with Gasteiger partial charge in [0.2, 0.25) is 0 Å². The third-order valence-electron chi connectivity index (χ3n) is 2.23. The molecular formula is C13H16FNO4. The van der Waals surface area contributed by atoms with Gasteiger partial charge in [0.15, 0.2) is 11.6 Å². The average Bonchev–Trinajstić information content (AvgIpc) is 2.42. The summed E-state index contributed by atoms with van der Waals surface area (Å²) in [7, 11) is 1.55. The van der Waals surface area contributed by atoms with Crippen LogP contribution in [0.2, 0.25) is 0 Å². The van der Waals surface area contributed by atoms with Crippen molar-refractivity contribution in [3.05, 3.63) is 29.6 Å². The lowest BCUT2D eigenvalue weighted by Crippen LogP contribution is -2.24. The first-order chi connectivity index (χ1) is 9.17. The molecule has 0 saturated carbocycles. The average molecular weight is 269 g/mol. The van der Waals surface area contributed by atoms with E-state index in [4.69, 9.17) is 19.5 Å². The standard InChI is InChI=1S/C13H16FNO4/c1-17-4-5-18-8-11(16)9-19-13-3-2-10(7-15)6-12(13)14/h2-3,6,11,16H,4-5,8-9H2,1H3. The molecule has 0 amide bonds. The van der Waals surface area contributed by atoms with Gasteiger partial charge in [0.25, 0.3) is 0 Å². The van der Waals surface area contributed by atoms with E-state index in [2.05, 4.69) is 0 Å². The first kappa shape index (κ1) is 15.4. The maximum Gasteiger partial charge on any atom is 0.166 e. The monoisotopic (exact) mass is 269 g/mol. The Morgan fingerprint density at radius 1 is 1.37 bits per heavy atom. The van der Waals surface area contributed by atoms with Crippen molar-refractivity contribution >= 4 is 0 Å². The maximum absolute atomic E-state index is 13.4. The van der Waals surface area contributed by atoms with Crippen LogP contribution < -0.4 is 4.74 Å². The molecule has 6 heteroatoms. The normalized spacial score (nSPS) is 11.9. The Kier molecular flexibility index (Phi) is 6.82. The van der Waals surface area contributed by atoms with Gasteiger partial charge >= 0.3 is 0 Å². The molecule has 0 radical (unpaired) electrons. The van der Waals surface area contributed by atoms with Crippen LogP contribution in [-0.4, -0.2) is 44.7 Å². The van der Waals surface area contributed by atoms with Gasteiger partial charge in [-0.15, -0.1) is 0 Å². The molecule has 1 rings (SSSR count). The van der Waals surface area contributed by atoms with Crippen LogP contribution in [0, 0.1) is 17.1 Å². The summed E-state index contributed by atoms with van der Waals surface area (Å²) in [6, 6.07) is 5.70. The Morgan fingerprint density at radius 2 is 2.16 bits per heavy atom. The number of aliphatic hydroxyl groups is 1. The van der Waals surface area contributed by atoms with Crippen molar-refractivity contribution in [2.45, 2.75) is 6.10 Å². The van der Waals surface area contributed by atoms with E-state index in [1.165, 1.54) is 12.1 Å². The lowest BCUT2D eigenvalue weighted by molar-refractivity contribution is -0.00469. The molecule has 1 unspecified atom stereocenters. The molecule has 5 nitrogen and oxygen atoms in total. The Bertz CT molecular complexity index is 433. The van der Waals surface area contributed by atoms with Crippen LogP contribution in [0.1, 0.15) is 5.56 Å². The minimum atomic E-state index is -0.855. The van der Waals surface area contributed by atoms with E-state index < -0.39 is 11.9 Å². The predicted molar refractivity (Wildman–Crippen MR) is 65.3 cm³/mol. The fourth-order valence-electron chi connectivity index (χ4n) is 1.28. The fraction of sp³-hybridized carbons (Fsp3) is 0.462. The van der Waals surface area contributed by atoms with Crippen LogP contribution in [0.25, 0.3) is 0 Å². The van der Waals surface area contributed by atoms with Crippen LogP contribution in [0.4, 0.5) is 4.39 Å². The molecule has 0 aliphatic carbocycles. The van der Waals surface area contributed by atoms with Crippen molar-refractivity contribution in [2.75, 3.05) is 33.5 Å². The second-order valence-corrected chi connectivity index (χ2v) is 3.79. The summed E-state index contributed by atoms with van der Waals surface area (Å²) < 4.78 is 28.4. The van der Waals surface area contributed by atoms with Crippen molar-refractivity contribution in [3.8, 4) is 11.8 Å². The van der Waals surface area contributed by atoms with Crippen LogP contribution in [0.15, 0.2) is 18.2 Å². The van der Waals surface area contributed by atoms with Gasteiger partial charge in [-0.05, 0) is 18.2 Å². The van der Waals surface area contributed by atoms with Crippen LogP contribution in [0.5, 0.6) is 5.75 Å². The highest BCUT2D eigenvalue weighted by molar-refractivity contribution is 5.35. The topological polar surface area (TPSA) is 71.7 Å². The van der Waals surface area contributed by atoms with Gasteiger partial charge in [0.05, 0.1) is 31.5 Å². The molecule has 104 valence electrons. The van der Waals surface area contributed by atoms with Crippen LogP contribution in [0.3, 0.4) is 0 Å². The first-order valence-corrected chi connectivity index (χ1v) is 5.74. The highest BCUT2D eigenvalue weighted by Gasteiger charge is 2.09. The quantitative estimate of drug-likeness (QED) is 0.715. The number of methoxy groups -OCH3 is 1. The summed E-state index contributed by atoms with van der Waals surface area (Å²) in [5.74, 6) is -0.638. The molecule has 0 aliphatic heterocycles. The van der Waals surface area contributed by atoms with E-state index in [1.54, 1.807) is 7.11 Å². The Hall–Kier alpha value is -1.68. The molecule has 19 heavy (non-hydrogen) atoms. The SMILES string of the molecule is COCCOCC(O)COc1ccc(C#N)cc1F. The van der Waals surface area contributed by atoms with Crippen molar-refractivity contribution in [1.29, 1.82) is 5.26 Å². The highest BCUT2D eigenvalue weighted by atomic mass is 19.1. The first-order valence-electron chi connectivity index (χ1n) is 5.74. The zero-order valence-electron chi connectivity index (χ0n) is 10.6. The molecule has 1 aromatic carbocycles. The lowest BCUT2D eigenvalue weighted by Gasteiger charge is -2.13. The van der Waals surface area contributed by atoms with Gasteiger partial charge in [-0.3, -0.25) is 0 Å². The third-order valence-corrected chi connectivity index (χ3v) is 2.23. The molecule has 0 fully saturated rings. The molecule has 1 atom stereocenters. The molecule has 0 bridgehead atoms. The molecule has 0 aromatic heterocycles. The summed E-state index contributed by atoms with van der Waals surface area (Å²) in [5.41, 5.74) is 0.216. The maximum atomic E-state index is 13.4. The van der Waals surface area contributed by atoms with Crippen molar-refractivity contribution in [1.82, 2.24) is 0 Å². The number of hydrogen-bond acceptors (Lipinski definition) is 5. The smallest absolute Gasteiger partial charge is 0.166 e. The Labute approximate surface area is 111 Å². The van der Waals surface area contributed by atoms with E-state index in [1.807, 2.05) is 6.07 Å².